The van der Waals surface area contributed by atoms with Crippen LogP contribution in [0.4, 0.5) is 0 Å². The first kappa shape index (κ1) is 11.0. The van der Waals surface area contributed by atoms with E-state index >= 15 is 0 Å². The van der Waals surface area contributed by atoms with Gasteiger partial charge in [-0.05, 0) is 12.1 Å². The largest absolute Gasteiger partial charge is 0.507 e. The molecule has 0 unspecified atom stereocenters. The molecule has 0 aliphatic carbocycles. The zero-order chi connectivity index (χ0) is 10.9. The Labute approximate surface area is 88.8 Å². The molecule has 2 aromatic carbocycles. The Kier molecular flexibility index (Phi) is 4.67. The number of aromatic hydroxyl groups is 1. The predicted molar refractivity (Wildman–Crippen MR) is 59.9 cm³/mol. The molecule has 2 rings (SSSR count). The summed E-state index contributed by atoms with van der Waals surface area (Å²) in [5, 5.41) is 8.88. The van der Waals surface area contributed by atoms with Gasteiger partial charge in [0, 0.05) is 0 Å². The Morgan fingerprint density at radius 1 is 0.800 bits per heavy atom. The van der Waals surface area contributed by atoms with Crippen molar-refractivity contribution >= 4 is 6.29 Å². The third-order valence-electron chi connectivity index (χ3n) is 1.73. The monoisotopic (exact) mass is 200 g/mol. The second kappa shape index (κ2) is 6.38. The zero-order valence-electron chi connectivity index (χ0n) is 8.21. The first-order valence-electron chi connectivity index (χ1n) is 4.58. The molecular formula is C13H12O2. The lowest BCUT2D eigenvalue weighted by molar-refractivity contribution is 0.112. The Morgan fingerprint density at radius 2 is 1.27 bits per heavy atom. The van der Waals surface area contributed by atoms with E-state index in [-0.39, 0.29) is 5.75 Å². The number of phenolic OH excluding ortho intramolecular Hbond substituents is 1. The number of benzene rings is 2. The average molecular weight is 200 g/mol. The predicted octanol–water partition coefficient (Wildman–Crippen LogP) is 2.89. The van der Waals surface area contributed by atoms with Crippen LogP contribution in [0.1, 0.15) is 10.4 Å². The summed E-state index contributed by atoms with van der Waals surface area (Å²) in [6, 6.07) is 18.4. The van der Waals surface area contributed by atoms with Gasteiger partial charge in [-0.1, -0.05) is 48.5 Å². The SMILES string of the molecule is O=Cc1ccccc1O.c1ccccc1. The van der Waals surface area contributed by atoms with E-state index in [1.54, 1.807) is 18.2 Å². The lowest BCUT2D eigenvalue weighted by Gasteiger charge is -1.91. The van der Waals surface area contributed by atoms with Crippen molar-refractivity contribution in [2.45, 2.75) is 0 Å². The van der Waals surface area contributed by atoms with Crippen LogP contribution >= 0.6 is 0 Å². The first-order valence-corrected chi connectivity index (χ1v) is 4.58. The van der Waals surface area contributed by atoms with Gasteiger partial charge in [-0.25, -0.2) is 0 Å². The van der Waals surface area contributed by atoms with Crippen molar-refractivity contribution in [2.24, 2.45) is 0 Å². The second-order valence-corrected chi connectivity index (χ2v) is 2.83. The highest BCUT2D eigenvalue weighted by Crippen LogP contribution is 2.11. The highest BCUT2D eigenvalue weighted by Gasteiger charge is 1.93. The van der Waals surface area contributed by atoms with Crippen LogP contribution in [0.25, 0.3) is 0 Å². The fourth-order valence-corrected chi connectivity index (χ4v) is 0.972. The molecule has 0 aromatic heterocycles. The lowest BCUT2D eigenvalue weighted by atomic mass is 10.2. The highest BCUT2D eigenvalue weighted by molar-refractivity contribution is 5.78. The maximum absolute atomic E-state index is 10.1. The van der Waals surface area contributed by atoms with Crippen molar-refractivity contribution in [1.29, 1.82) is 0 Å². The Hall–Kier alpha value is -2.09. The molecule has 0 amide bonds. The molecule has 2 nitrogen and oxygen atoms in total. The minimum atomic E-state index is 0.0347. The first-order chi connectivity index (χ1) is 7.34. The van der Waals surface area contributed by atoms with E-state index < -0.39 is 0 Å². The van der Waals surface area contributed by atoms with Gasteiger partial charge in [0.15, 0.2) is 6.29 Å². The van der Waals surface area contributed by atoms with E-state index in [9.17, 15) is 4.79 Å². The van der Waals surface area contributed by atoms with Gasteiger partial charge in [0.2, 0.25) is 0 Å². The molecule has 2 aromatic rings. The summed E-state index contributed by atoms with van der Waals surface area (Å²) in [7, 11) is 0. The van der Waals surface area contributed by atoms with Crippen LogP contribution < -0.4 is 0 Å². The molecule has 15 heavy (non-hydrogen) atoms. The molecule has 0 radical (unpaired) electrons. The summed E-state index contributed by atoms with van der Waals surface area (Å²) in [6.07, 6.45) is 0.620. The van der Waals surface area contributed by atoms with Gasteiger partial charge in [-0.15, -0.1) is 0 Å². The molecule has 0 bridgehead atoms. The van der Waals surface area contributed by atoms with Crippen molar-refractivity contribution in [3.05, 3.63) is 66.2 Å². The van der Waals surface area contributed by atoms with E-state index in [2.05, 4.69) is 0 Å². The number of phenols is 1. The van der Waals surface area contributed by atoms with Crippen molar-refractivity contribution in [3.8, 4) is 5.75 Å². The van der Waals surface area contributed by atoms with Crippen LogP contribution in [0.5, 0.6) is 5.75 Å². The summed E-state index contributed by atoms with van der Waals surface area (Å²) in [5.41, 5.74) is 0.331. The normalized spacial score (nSPS) is 8.53. The molecule has 0 aliphatic rings. The van der Waals surface area contributed by atoms with Crippen LogP contribution in [-0.4, -0.2) is 11.4 Å². The topological polar surface area (TPSA) is 37.3 Å². The molecule has 0 saturated heterocycles. The van der Waals surface area contributed by atoms with Crippen LogP contribution in [0.3, 0.4) is 0 Å². The fraction of sp³-hybridized carbons (Fsp3) is 0. The molecule has 0 atom stereocenters. The third kappa shape index (κ3) is 4.09. The van der Waals surface area contributed by atoms with E-state index in [0.29, 0.717) is 11.8 Å². The molecule has 0 saturated carbocycles. The maximum atomic E-state index is 10.1. The molecule has 0 spiro atoms. The number of carbonyl (C=O) groups excluding carboxylic acids is 1. The molecule has 0 fully saturated rings. The fourth-order valence-electron chi connectivity index (χ4n) is 0.972. The number of carbonyl (C=O) groups is 1. The van der Waals surface area contributed by atoms with Crippen molar-refractivity contribution < 1.29 is 9.90 Å². The van der Waals surface area contributed by atoms with E-state index in [0.717, 1.165) is 0 Å². The lowest BCUT2D eigenvalue weighted by Crippen LogP contribution is -1.77. The number of hydrogen-bond donors (Lipinski definition) is 1. The molecule has 2 heteroatoms. The van der Waals surface area contributed by atoms with Crippen molar-refractivity contribution in [3.63, 3.8) is 0 Å². The van der Waals surface area contributed by atoms with Crippen LogP contribution in [0.15, 0.2) is 60.7 Å². The van der Waals surface area contributed by atoms with E-state index in [1.807, 2.05) is 36.4 Å². The molecule has 0 aliphatic heterocycles. The van der Waals surface area contributed by atoms with Gasteiger partial charge >= 0.3 is 0 Å². The van der Waals surface area contributed by atoms with Crippen molar-refractivity contribution in [1.82, 2.24) is 0 Å². The minimum absolute atomic E-state index is 0.0347. The Balaban J connectivity index is 0.000000162. The smallest absolute Gasteiger partial charge is 0.153 e. The van der Waals surface area contributed by atoms with Gasteiger partial charge in [-0.3, -0.25) is 4.79 Å². The minimum Gasteiger partial charge on any atom is -0.507 e. The maximum Gasteiger partial charge on any atom is 0.153 e. The van der Waals surface area contributed by atoms with Crippen molar-refractivity contribution in [2.75, 3.05) is 0 Å². The van der Waals surface area contributed by atoms with Crippen LogP contribution in [0, 0.1) is 0 Å². The molecule has 1 N–H and O–H groups in total. The Bertz CT molecular complexity index is 370. The molecule has 76 valence electrons. The van der Waals surface area contributed by atoms with Gasteiger partial charge in [0.25, 0.3) is 0 Å². The van der Waals surface area contributed by atoms with Gasteiger partial charge in [0.05, 0.1) is 5.56 Å². The van der Waals surface area contributed by atoms with Crippen LogP contribution in [0.2, 0.25) is 0 Å². The van der Waals surface area contributed by atoms with Gasteiger partial charge in [0.1, 0.15) is 5.75 Å². The van der Waals surface area contributed by atoms with Crippen LogP contribution in [-0.2, 0) is 0 Å². The van der Waals surface area contributed by atoms with Gasteiger partial charge < -0.3 is 5.11 Å². The molecular weight excluding hydrogens is 188 g/mol. The zero-order valence-corrected chi connectivity index (χ0v) is 8.21. The summed E-state index contributed by atoms with van der Waals surface area (Å²) in [6.45, 7) is 0. The third-order valence-corrected chi connectivity index (χ3v) is 1.73. The van der Waals surface area contributed by atoms with E-state index in [4.69, 9.17) is 5.11 Å². The number of rotatable bonds is 1. The number of hydrogen-bond acceptors (Lipinski definition) is 2. The summed E-state index contributed by atoms with van der Waals surface area (Å²) in [5.74, 6) is 0.0347. The summed E-state index contributed by atoms with van der Waals surface area (Å²) in [4.78, 5) is 10.1. The average Bonchev–Trinajstić information content (AvgIpc) is 2.33. The quantitative estimate of drug-likeness (QED) is 0.718. The number of aldehydes is 1. The highest BCUT2D eigenvalue weighted by atomic mass is 16.3. The van der Waals surface area contributed by atoms with E-state index in [1.165, 1.54) is 6.07 Å². The Morgan fingerprint density at radius 3 is 1.60 bits per heavy atom. The standard InChI is InChI=1S/C7H6O2.C6H6/c8-5-6-3-1-2-4-7(6)9;1-2-4-6-5-3-1/h1-5,9H;1-6H. The molecule has 0 heterocycles. The van der Waals surface area contributed by atoms with Gasteiger partial charge in [-0.2, -0.15) is 0 Å². The summed E-state index contributed by atoms with van der Waals surface area (Å²) >= 11 is 0. The second-order valence-electron chi connectivity index (χ2n) is 2.83. The summed E-state index contributed by atoms with van der Waals surface area (Å²) < 4.78 is 0. The number of para-hydroxylation sites is 1.